The van der Waals surface area contributed by atoms with Crippen molar-refractivity contribution in [3.8, 4) is 0 Å². The quantitative estimate of drug-likeness (QED) is 0.566. The Bertz CT molecular complexity index is 56.9. The molecule has 0 unspecified atom stereocenters. The van der Waals surface area contributed by atoms with Crippen LogP contribution in [0.1, 0.15) is 6.42 Å². The molecule has 0 aliphatic carbocycles. The van der Waals surface area contributed by atoms with E-state index in [0.717, 1.165) is 0 Å². The van der Waals surface area contributed by atoms with Crippen LogP contribution in [0.5, 0.6) is 0 Å². The Labute approximate surface area is 82.3 Å². The molecule has 40 valence electrons. The van der Waals surface area contributed by atoms with Gasteiger partial charge in [0.05, 0.1) is 6.42 Å². The van der Waals surface area contributed by atoms with Gasteiger partial charge in [0.1, 0.15) is 0 Å². The first kappa shape index (κ1) is 10.9. The van der Waals surface area contributed by atoms with Gasteiger partial charge in [0.2, 0.25) is 0 Å². The van der Waals surface area contributed by atoms with Gasteiger partial charge in [-0.2, -0.15) is 0 Å². The Kier molecular flexibility index (Phi) is 10.9. The first-order valence-electron chi connectivity index (χ1n) is 1.69. The molecule has 0 radical (unpaired) electrons. The van der Waals surface area contributed by atoms with Gasteiger partial charge in [0, 0.05) is 6.54 Å². The Hall–Kier alpha value is 1.00. The summed E-state index contributed by atoms with van der Waals surface area (Å²) >= 11 is 0. The number of carboxylic acid groups (broad SMARTS) is 1. The molecular formula is C3H9BaNO2. The Morgan fingerprint density at radius 1 is 1.71 bits per heavy atom. The van der Waals surface area contributed by atoms with Gasteiger partial charge in [-0.1, -0.05) is 0 Å². The molecule has 0 aromatic heterocycles. The van der Waals surface area contributed by atoms with E-state index in [4.69, 9.17) is 10.8 Å². The summed E-state index contributed by atoms with van der Waals surface area (Å²) in [6.07, 6.45) is 0.0694. The zero-order chi connectivity index (χ0) is 4.99. The van der Waals surface area contributed by atoms with Gasteiger partial charge >= 0.3 is 54.9 Å². The number of aliphatic carboxylic acids is 1. The van der Waals surface area contributed by atoms with Crippen LogP contribution in [0, 0.1) is 0 Å². The van der Waals surface area contributed by atoms with E-state index in [1.54, 1.807) is 0 Å². The molecule has 0 saturated heterocycles. The molecule has 0 aliphatic heterocycles. The molecule has 0 amide bonds. The Morgan fingerprint density at radius 3 is 2.14 bits per heavy atom. The Balaban J connectivity index is 0. The van der Waals surface area contributed by atoms with Crippen molar-refractivity contribution in [2.45, 2.75) is 6.42 Å². The van der Waals surface area contributed by atoms with Crippen LogP contribution in [0.3, 0.4) is 0 Å². The third-order valence-electron chi connectivity index (χ3n) is 0.358. The minimum atomic E-state index is -0.836. The second-order valence-corrected chi connectivity index (χ2v) is 0.932. The fourth-order valence-electron chi connectivity index (χ4n) is 0.123. The summed E-state index contributed by atoms with van der Waals surface area (Å²) in [6, 6.07) is 0. The van der Waals surface area contributed by atoms with Crippen molar-refractivity contribution in [1.29, 1.82) is 0 Å². The minimum absolute atomic E-state index is 0. The molecule has 3 nitrogen and oxygen atoms in total. The van der Waals surface area contributed by atoms with E-state index in [2.05, 4.69) is 0 Å². The second kappa shape index (κ2) is 7.00. The van der Waals surface area contributed by atoms with E-state index in [9.17, 15) is 4.79 Å². The van der Waals surface area contributed by atoms with Gasteiger partial charge < -0.3 is 10.8 Å². The summed E-state index contributed by atoms with van der Waals surface area (Å²) < 4.78 is 0. The van der Waals surface area contributed by atoms with Gasteiger partial charge in [-0.3, -0.25) is 4.79 Å². The normalized spacial score (nSPS) is 7.00. The molecule has 0 atom stereocenters. The van der Waals surface area contributed by atoms with Gasteiger partial charge in [-0.05, 0) is 0 Å². The molecule has 0 fully saturated rings. The van der Waals surface area contributed by atoms with E-state index in [1.165, 1.54) is 0 Å². The van der Waals surface area contributed by atoms with E-state index >= 15 is 0 Å². The molecular weight excluding hydrogens is 219 g/mol. The molecule has 3 N–H and O–H groups in total. The maximum absolute atomic E-state index is 9.52. The van der Waals surface area contributed by atoms with Crippen molar-refractivity contribution in [3.63, 3.8) is 0 Å². The molecule has 7 heavy (non-hydrogen) atoms. The summed E-state index contributed by atoms with van der Waals surface area (Å²) in [5.74, 6) is -0.836. The maximum atomic E-state index is 9.52. The predicted molar refractivity (Wildman–Crippen MR) is 29.9 cm³/mol. The fraction of sp³-hybridized carbons (Fsp3) is 0.667. The topological polar surface area (TPSA) is 63.3 Å². The predicted octanol–water partition coefficient (Wildman–Crippen LogP) is -1.50. The van der Waals surface area contributed by atoms with Crippen LogP contribution in [0.25, 0.3) is 0 Å². The number of hydrogen-bond donors (Lipinski definition) is 2. The van der Waals surface area contributed by atoms with Crippen molar-refractivity contribution in [3.05, 3.63) is 0 Å². The van der Waals surface area contributed by atoms with Crippen LogP contribution in [0.4, 0.5) is 0 Å². The van der Waals surface area contributed by atoms with Crippen LogP contribution in [-0.2, 0) is 4.79 Å². The van der Waals surface area contributed by atoms with Crippen LogP contribution < -0.4 is 5.73 Å². The molecule has 0 spiro atoms. The van der Waals surface area contributed by atoms with Crippen LogP contribution in [0.2, 0.25) is 0 Å². The molecule has 0 aliphatic rings. The van der Waals surface area contributed by atoms with E-state index in [0.29, 0.717) is 0 Å². The second-order valence-electron chi connectivity index (χ2n) is 0.932. The molecule has 0 aromatic rings. The van der Waals surface area contributed by atoms with Gasteiger partial charge in [-0.15, -0.1) is 0 Å². The van der Waals surface area contributed by atoms with Gasteiger partial charge in [0.25, 0.3) is 0 Å². The number of nitrogens with two attached hydrogens (primary N) is 1. The van der Waals surface area contributed by atoms with Crippen LogP contribution in [0.15, 0.2) is 0 Å². The monoisotopic (exact) mass is 229 g/mol. The van der Waals surface area contributed by atoms with Crippen molar-refractivity contribution >= 4 is 54.9 Å². The summed E-state index contributed by atoms with van der Waals surface area (Å²) in [5.41, 5.74) is 4.85. The first-order chi connectivity index (χ1) is 2.77. The van der Waals surface area contributed by atoms with Gasteiger partial charge in [0.15, 0.2) is 0 Å². The SMILES string of the molecule is NCCC(=O)O.[BaH2]. The number of hydrogen-bond acceptors (Lipinski definition) is 2. The van der Waals surface area contributed by atoms with Crippen molar-refractivity contribution < 1.29 is 9.90 Å². The zero-order valence-corrected chi connectivity index (χ0v) is 3.35. The third kappa shape index (κ3) is 10.9. The molecule has 4 heteroatoms. The standard InChI is InChI=1S/C3H7NO2.Ba.2H/c4-2-1-3(5)6;;;/h1-2,4H2,(H,5,6);;;. The van der Waals surface area contributed by atoms with E-state index in [-0.39, 0.29) is 61.8 Å². The first-order valence-corrected chi connectivity index (χ1v) is 1.69. The van der Waals surface area contributed by atoms with Crippen LogP contribution in [-0.4, -0.2) is 66.5 Å². The average Bonchev–Trinajstić information content (AvgIpc) is 1.35. The molecule has 0 aromatic carbocycles. The molecule has 0 heterocycles. The van der Waals surface area contributed by atoms with Crippen molar-refractivity contribution in [2.24, 2.45) is 5.73 Å². The summed E-state index contributed by atoms with van der Waals surface area (Å²) in [5, 5.41) is 7.83. The van der Waals surface area contributed by atoms with E-state index < -0.39 is 5.97 Å². The summed E-state index contributed by atoms with van der Waals surface area (Å²) in [4.78, 5) is 9.52. The molecule has 0 bridgehead atoms. The summed E-state index contributed by atoms with van der Waals surface area (Å²) in [6.45, 7) is 0.231. The number of rotatable bonds is 2. The fourth-order valence-corrected chi connectivity index (χ4v) is 0.123. The zero-order valence-electron chi connectivity index (χ0n) is 3.35. The number of carbonyl (C=O) groups is 1. The average molecular weight is 228 g/mol. The van der Waals surface area contributed by atoms with Crippen molar-refractivity contribution in [2.75, 3.05) is 6.54 Å². The molecule has 0 rings (SSSR count). The van der Waals surface area contributed by atoms with Crippen molar-refractivity contribution in [1.82, 2.24) is 0 Å². The third-order valence-corrected chi connectivity index (χ3v) is 0.358. The molecule has 0 saturated carbocycles. The summed E-state index contributed by atoms with van der Waals surface area (Å²) in [7, 11) is 0. The number of carboxylic acids is 1. The van der Waals surface area contributed by atoms with Gasteiger partial charge in [-0.25, -0.2) is 0 Å². The van der Waals surface area contributed by atoms with Crippen LogP contribution >= 0.6 is 0 Å². The Morgan fingerprint density at radius 2 is 2.14 bits per heavy atom. The van der Waals surface area contributed by atoms with E-state index in [1.807, 2.05) is 0 Å².